The van der Waals surface area contributed by atoms with Gasteiger partial charge in [0, 0.05) is 12.5 Å². The van der Waals surface area contributed by atoms with Crippen LogP contribution in [0.25, 0.3) is 11.2 Å². The predicted octanol–water partition coefficient (Wildman–Crippen LogP) is 2.39. The van der Waals surface area contributed by atoms with Gasteiger partial charge in [0.2, 0.25) is 11.8 Å². The normalized spacial score (nSPS) is 17.3. The van der Waals surface area contributed by atoms with Crippen LogP contribution in [0.5, 0.6) is 5.88 Å². The summed E-state index contributed by atoms with van der Waals surface area (Å²) in [5.41, 5.74) is 8.18. The number of nitrogen functional groups attached to an aromatic ring is 1. The molecule has 0 aliphatic carbocycles. The Kier molecular flexibility index (Phi) is 4.67. The molecule has 8 heteroatoms. The maximum Gasteiger partial charge on any atom is 0.247 e. The monoisotopic (exact) mass is 369 g/mol. The van der Waals surface area contributed by atoms with Crippen molar-refractivity contribution in [2.24, 2.45) is 5.92 Å². The first-order valence-electron chi connectivity index (χ1n) is 8.93. The van der Waals surface area contributed by atoms with E-state index in [1.807, 2.05) is 48.7 Å². The first kappa shape index (κ1) is 17.7. The average molecular weight is 369 g/mol. The molecule has 4 rings (SSSR count). The predicted molar refractivity (Wildman–Crippen MR) is 100.0 cm³/mol. The molecule has 2 aromatic heterocycles. The molecule has 0 spiro atoms. The van der Waals surface area contributed by atoms with Crippen LogP contribution in [0.1, 0.15) is 19.4 Å². The van der Waals surface area contributed by atoms with Gasteiger partial charge < -0.3 is 24.5 Å². The number of nitrogens with zero attached hydrogens (tertiary/aromatic N) is 4. The molecule has 0 atom stereocenters. The summed E-state index contributed by atoms with van der Waals surface area (Å²) in [6, 6.07) is 9.88. The zero-order valence-electron chi connectivity index (χ0n) is 15.5. The van der Waals surface area contributed by atoms with E-state index in [0.717, 1.165) is 5.56 Å². The standard InChI is InChI=1S/C19H23N5O3/c1-19(2)26-10-14(11-27-19)8-24-12-21-15-16(24)22-18(20)23-17(15)25-9-13-6-4-3-5-7-13/h3-7,12,14H,8-11H2,1-2H3,(H2,20,22,23). The fraction of sp³-hybridized carbons (Fsp3) is 0.421. The van der Waals surface area contributed by atoms with E-state index >= 15 is 0 Å². The molecular weight excluding hydrogens is 346 g/mol. The lowest BCUT2D eigenvalue weighted by Crippen LogP contribution is -2.40. The molecular formula is C19H23N5O3. The summed E-state index contributed by atoms with van der Waals surface area (Å²) >= 11 is 0. The molecule has 0 unspecified atom stereocenters. The number of fused-ring (bicyclic) bond motifs is 1. The van der Waals surface area contributed by atoms with Crippen LogP contribution in [-0.2, 0) is 22.6 Å². The summed E-state index contributed by atoms with van der Waals surface area (Å²) in [6.07, 6.45) is 1.73. The Labute approximate surface area is 157 Å². The maximum atomic E-state index is 5.90. The van der Waals surface area contributed by atoms with Crippen molar-refractivity contribution in [1.29, 1.82) is 0 Å². The van der Waals surface area contributed by atoms with Crippen LogP contribution in [0.4, 0.5) is 5.95 Å². The molecule has 1 aromatic carbocycles. The number of rotatable bonds is 5. The van der Waals surface area contributed by atoms with Gasteiger partial charge in [-0.25, -0.2) is 4.98 Å². The smallest absolute Gasteiger partial charge is 0.247 e. The Bertz CT molecular complexity index is 916. The van der Waals surface area contributed by atoms with Crippen LogP contribution >= 0.6 is 0 Å². The van der Waals surface area contributed by atoms with E-state index in [1.165, 1.54) is 0 Å². The molecule has 2 N–H and O–H groups in total. The number of anilines is 1. The largest absolute Gasteiger partial charge is 0.471 e. The van der Waals surface area contributed by atoms with E-state index in [0.29, 0.717) is 43.4 Å². The lowest BCUT2D eigenvalue weighted by Gasteiger charge is -2.35. The van der Waals surface area contributed by atoms with Crippen LogP contribution in [0.3, 0.4) is 0 Å². The lowest BCUT2D eigenvalue weighted by atomic mass is 10.1. The molecule has 1 aliphatic rings. The van der Waals surface area contributed by atoms with Crippen LogP contribution in [0, 0.1) is 5.92 Å². The Morgan fingerprint density at radius 2 is 1.93 bits per heavy atom. The first-order valence-corrected chi connectivity index (χ1v) is 8.93. The zero-order chi connectivity index (χ0) is 18.9. The van der Waals surface area contributed by atoms with Crippen molar-refractivity contribution < 1.29 is 14.2 Å². The highest BCUT2D eigenvalue weighted by atomic mass is 16.7. The van der Waals surface area contributed by atoms with Crippen molar-refractivity contribution in [2.45, 2.75) is 32.8 Å². The summed E-state index contributed by atoms with van der Waals surface area (Å²) < 4.78 is 19.3. The van der Waals surface area contributed by atoms with Crippen LogP contribution < -0.4 is 10.5 Å². The van der Waals surface area contributed by atoms with Gasteiger partial charge >= 0.3 is 0 Å². The Morgan fingerprint density at radius 3 is 2.67 bits per heavy atom. The molecule has 3 aromatic rings. The van der Waals surface area contributed by atoms with Gasteiger partial charge in [-0.3, -0.25) is 0 Å². The van der Waals surface area contributed by atoms with Crippen LogP contribution in [-0.4, -0.2) is 38.5 Å². The van der Waals surface area contributed by atoms with E-state index in [9.17, 15) is 0 Å². The molecule has 0 amide bonds. The molecule has 3 heterocycles. The number of hydrogen-bond donors (Lipinski definition) is 1. The van der Waals surface area contributed by atoms with E-state index in [4.69, 9.17) is 19.9 Å². The van der Waals surface area contributed by atoms with E-state index in [2.05, 4.69) is 15.0 Å². The minimum Gasteiger partial charge on any atom is -0.471 e. The van der Waals surface area contributed by atoms with Crippen LogP contribution in [0.2, 0.25) is 0 Å². The van der Waals surface area contributed by atoms with Gasteiger partial charge in [-0.2, -0.15) is 9.97 Å². The minimum absolute atomic E-state index is 0.157. The highest BCUT2D eigenvalue weighted by Crippen LogP contribution is 2.26. The summed E-state index contributed by atoms with van der Waals surface area (Å²) in [5.74, 6) is 0.223. The fourth-order valence-electron chi connectivity index (χ4n) is 3.01. The highest BCUT2D eigenvalue weighted by Gasteiger charge is 2.29. The SMILES string of the molecule is CC1(C)OCC(Cn2cnc3c(OCc4ccccc4)nc(N)nc32)CO1. The van der Waals surface area contributed by atoms with E-state index in [1.54, 1.807) is 6.33 Å². The van der Waals surface area contributed by atoms with Crippen molar-refractivity contribution in [2.75, 3.05) is 18.9 Å². The van der Waals surface area contributed by atoms with Gasteiger partial charge in [0.05, 0.1) is 19.5 Å². The quantitative estimate of drug-likeness (QED) is 0.737. The first-order chi connectivity index (χ1) is 13.0. The molecule has 0 radical (unpaired) electrons. The van der Waals surface area contributed by atoms with Crippen molar-refractivity contribution >= 4 is 17.1 Å². The lowest BCUT2D eigenvalue weighted by molar-refractivity contribution is -0.263. The second-order valence-corrected chi connectivity index (χ2v) is 7.12. The minimum atomic E-state index is -0.529. The molecule has 1 saturated heterocycles. The molecule has 0 saturated carbocycles. The second kappa shape index (κ2) is 7.13. The number of nitrogens with two attached hydrogens (primary N) is 1. The number of benzene rings is 1. The van der Waals surface area contributed by atoms with Gasteiger partial charge in [-0.05, 0) is 19.4 Å². The molecule has 27 heavy (non-hydrogen) atoms. The van der Waals surface area contributed by atoms with Crippen LogP contribution in [0.15, 0.2) is 36.7 Å². The number of aromatic nitrogens is 4. The Morgan fingerprint density at radius 1 is 1.19 bits per heavy atom. The average Bonchev–Trinajstić information content (AvgIpc) is 3.05. The molecule has 1 aliphatic heterocycles. The number of hydrogen-bond acceptors (Lipinski definition) is 7. The third-order valence-electron chi connectivity index (χ3n) is 4.46. The molecule has 8 nitrogen and oxygen atoms in total. The van der Waals surface area contributed by atoms with Gasteiger partial charge in [-0.1, -0.05) is 30.3 Å². The second-order valence-electron chi connectivity index (χ2n) is 7.12. The van der Waals surface area contributed by atoms with E-state index < -0.39 is 5.79 Å². The zero-order valence-corrected chi connectivity index (χ0v) is 15.5. The molecule has 0 bridgehead atoms. The summed E-state index contributed by atoms with van der Waals surface area (Å²) in [6.45, 7) is 6.12. The summed E-state index contributed by atoms with van der Waals surface area (Å²) in [7, 11) is 0. The highest BCUT2D eigenvalue weighted by molar-refractivity contribution is 5.77. The summed E-state index contributed by atoms with van der Waals surface area (Å²) in [5, 5.41) is 0. The van der Waals surface area contributed by atoms with Gasteiger partial charge in [-0.15, -0.1) is 0 Å². The molecule has 142 valence electrons. The maximum absolute atomic E-state index is 5.90. The Balaban J connectivity index is 1.53. The molecule has 1 fully saturated rings. The Hall–Kier alpha value is -2.71. The van der Waals surface area contributed by atoms with Crippen molar-refractivity contribution in [3.8, 4) is 5.88 Å². The van der Waals surface area contributed by atoms with Crippen molar-refractivity contribution in [3.05, 3.63) is 42.2 Å². The summed E-state index contributed by atoms with van der Waals surface area (Å²) in [4.78, 5) is 13.0. The van der Waals surface area contributed by atoms with E-state index in [-0.39, 0.29) is 11.9 Å². The number of imidazole rings is 1. The fourth-order valence-corrected chi connectivity index (χ4v) is 3.01. The third-order valence-corrected chi connectivity index (χ3v) is 4.46. The van der Waals surface area contributed by atoms with Gasteiger partial charge in [0.1, 0.15) is 6.61 Å². The van der Waals surface area contributed by atoms with Crippen molar-refractivity contribution in [1.82, 2.24) is 19.5 Å². The van der Waals surface area contributed by atoms with Gasteiger partial charge in [0.25, 0.3) is 0 Å². The van der Waals surface area contributed by atoms with Gasteiger partial charge in [0.15, 0.2) is 17.0 Å². The third kappa shape index (κ3) is 4.01. The number of ether oxygens (including phenoxy) is 3. The van der Waals surface area contributed by atoms with Crippen molar-refractivity contribution in [3.63, 3.8) is 0 Å². The topological polar surface area (TPSA) is 97.3 Å².